The highest BCUT2D eigenvalue weighted by Gasteiger charge is 2.19. The molecule has 2 heterocycles. The summed E-state index contributed by atoms with van der Waals surface area (Å²) >= 11 is 0. The Hall–Kier alpha value is -2.93. The van der Waals surface area contributed by atoms with Gasteiger partial charge in [-0.15, -0.1) is 0 Å². The molecule has 4 rings (SSSR count). The number of rotatable bonds is 4. The highest BCUT2D eigenvalue weighted by atomic mass is 19.1. The molecular weight excluding hydrogens is 323 g/mol. The van der Waals surface area contributed by atoms with Crippen LogP contribution in [0.3, 0.4) is 0 Å². The summed E-state index contributed by atoms with van der Waals surface area (Å²) < 4.78 is 24.3. The van der Waals surface area contributed by atoms with Gasteiger partial charge in [-0.25, -0.2) is 14.4 Å². The molecule has 1 atom stereocenters. The van der Waals surface area contributed by atoms with E-state index in [0.717, 1.165) is 17.5 Å². The molecule has 0 saturated carbocycles. The fraction of sp³-hybridized carbons (Fsp3) is 0.222. The van der Waals surface area contributed by atoms with Gasteiger partial charge in [0.2, 0.25) is 0 Å². The summed E-state index contributed by atoms with van der Waals surface area (Å²) in [5.41, 5.74) is 8.09. The van der Waals surface area contributed by atoms with Gasteiger partial charge >= 0.3 is 0 Å². The number of halogens is 1. The third kappa shape index (κ3) is 3.32. The molecule has 1 aliphatic heterocycles. The van der Waals surface area contributed by atoms with Crippen LogP contribution in [0.5, 0.6) is 5.75 Å². The average Bonchev–Trinajstić information content (AvgIpc) is 3.11. The highest BCUT2D eigenvalue weighted by molar-refractivity contribution is 5.94. The van der Waals surface area contributed by atoms with Crippen LogP contribution in [-0.4, -0.2) is 29.3 Å². The first-order chi connectivity index (χ1) is 12.2. The molecule has 1 unspecified atom stereocenters. The van der Waals surface area contributed by atoms with Gasteiger partial charge in [-0.1, -0.05) is 0 Å². The van der Waals surface area contributed by atoms with Gasteiger partial charge in [0.15, 0.2) is 0 Å². The van der Waals surface area contributed by atoms with E-state index in [9.17, 15) is 4.39 Å². The van der Waals surface area contributed by atoms with Crippen molar-refractivity contribution in [2.75, 3.05) is 24.3 Å². The molecule has 0 bridgehead atoms. The summed E-state index contributed by atoms with van der Waals surface area (Å²) in [6, 6.07) is 9.65. The van der Waals surface area contributed by atoms with E-state index in [1.807, 2.05) is 0 Å². The molecule has 0 spiro atoms. The third-order valence-corrected chi connectivity index (χ3v) is 4.06. The van der Waals surface area contributed by atoms with Gasteiger partial charge in [0.1, 0.15) is 29.8 Å². The number of ether oxygens (including phenoxy) is 2. The highest BCUT2D eigenvalue weighted by Crippen LogP contribution is 2.32. The Morgan fingerprint density at radius 3 is 2.80 bits per heavy atom. The van der Waals surface area contributed by atoms with E-state index in [2.05, 4.69) is 15.3 Å². The molecule has 1 saturated heterocycles. The number of hydrogen-bond acceptors (Lipinski definition) is 6. The number of nitrogens with zero attached hydrogens (tertiary/aromatic N) is 2. The van der Waals surface area contributed by atoms with Crippen LogP contribution >= 0.6 is 0 Å². The molecule has 1 fully saturated rings. The lowest BCUT2D eigenvalue weighted by molar-refractivity contribution is 0.142. The Morgan fingerprint density at radius 2 is 2.04 bits per heavy atom. The summed E-state index contributed by atoms with van der Waals surface area (Å²) in [6.45, 7) is 1.27. The lowest BCUT2D eigenvalue weighted by Gasteiger charge is -2.15. The molecule has 0 aliphatic carbocycles. The van der Waals surface area contributed by atoms with Crippen LogP contribution in [0, 0.1) is 5.82 Å². The largest absolute Gasteiger partial charge is 0.486 e. The fourth-order valence-corrected chi connectivity index (χ4v) is 2.76. The predicted octanol–water partition coefficient (Wildman–Crippen LogP) is 3.26. The van der Waals surface area contributed by atoms with Gasteiger partial charge in [-0.3, -0.25) is 0 Å². The zero-order valence-electron chi connectivity index (χ0n) is 13.4. The van der Waals surface area contributed by atoms with E-state index in [1.54, 1.807) is 24.3 Å². The molecule has 6 nitrogen and oxygen atoms in total. The van der Waals surface area contributed by atoms with E-state index in [-0.39, 0.29) is 11.9 Å². The number of anilines is 3. The number of aromatic nitrogens is 2. The van der Waals surface area contributed by atoms with E-state index in [1.165, 1.54) is 18.5 Å². The van der Waals surface area contributed by atoms with Crippen LogP contribution in [-0.2, 0) is 4.74 Å². The van der Waals surface area contributed by atoms with Crippen molar-refractivity contribution in [2.24, 2.45) is 0 Å². The fourth-order valence-electron chi connectivity index (χ4n) is 2.76. The lowest BCUT2D eigenvalue weighted by Crippen LogP contribution is -2.16. The normalized spacial score (nSPS) is 16.9. The van der Waals surface area contributed by atoms with Crippen molar-refractivity contribution in [3.8, 4) is 5.75 Å². The lowest BCUT2D eigenvalue weighted by atomic mass is 10.2. The molecule has 128 valence electrons. The van der Waals surface area contributed by atoms with Crippen molar-refractivity contribution < 1.29 is 13.9 Å². The monoisotopic (exact) mass is 340 g/mol. The number of nitrogen functional groups attached to an aromatic ring is 1. The van der Waals surface area contributed by atoms with E-state index >= 15 is 0 Å². The average molecular weight is 340 g/mol. The second kappa shape index (κ2) is 6.52. The summed E-state index contributed by atoms with van der Waals surface area (Å²) in [6.07, 6.45) is 2.32. The second-order valence-corrected chi connectivity index (χ2v) is 5.86. The van der Waals surface area contributed by atoms with Crippen LogP contribution in [0.4, 0.5) is 21.6 Å². The molecule has 7 heteroatoms. The third-order valence-electron chi connectivity index (χ3n) is 4.06. The molecule has 2 aromatic carbocycles. The molecule has 3 aromatic rings. The quantitative estimate of drug-likeness (QED) is 0.710. The van der Waals surface area contributed by atoms with Gasteiger partial charge in [0, 0.05) is 23.6 Å². The van der Waals surface area contributed by atoms with Gasteiger partial charge in [0.05, 0.1) is 24.4 Å². The van der Waals surface area contributed by atoms with Crippen molar-refractivity contribution in [3.05, 3.63) is 48.5 Å². The van der Waals surface area contributed by atoms with Crippen molar-refractivity contribution in [1.82, 2.24) is 9.97 Å². The van der Waals surface area contributed by atoms with Crippen LogP contribution in [0.25, 0.3) is 10.9 Å². The SMILES string of the molecule is Nc1cc2c(Nc3ccc(F)cc3)ncnc2cc1OC1CCOC1. The minimum absolute atomic E-state index is 0.0124. The Kier molecular flexibility index (Phi) is 4.07. The molecule has 1 aliphatic rings. The Morgan fingerprint density at radius 1 is 1.20 bits per heavy atom. The summed E-state index contributed by atoms with van der Waals surface area (Å²) in [5, 5.41) is 3.92. The minimum Gasteiger partial charge on any atom is -0.486 e. The number of hydrogen-bond donors (Lipinski definition) is 2. The van der Waals surface area contributed by atoms with Crippen molar-refractivity contribution in [1.29, 1.82) is 0 Å². The first-order valence-corrected chi connectivity index (χ1v) is 8.00. The predicted molar refractivity (Wildman–Crippen MR) is 93.5 cm³/mol. The van der Waals surface area contributed by atoms with Crippen LogP contribution in [0.2, 0.25) is 0 Å². The Balaban J connectivity index is 1.66. The molecule has 3 N–H and O–H groups in total. The van der Waals surface area contributed by atoms with Crippen LogP contribution in [0.15, 0.2) is 42.7 Å². The number of fused-ring (bicyclic) bond motifs is 1. The van der Waals surface area contributed by atoms with Gasteiger partial charge in [0.25, 0.3) is 0 Å². The zero-order valence-corrected chi connectivity index (χ0v) is 13.4. The topological polar surface area (TPSA) is 82.3 Å². The molecular formula is C18H17FN4O2. The summed E-state index contributed by atoms with van der Waals surface area (Å²) in [7, 11) is 0. The van der Waals surface area contributed by atoms with Crippen LogP contribution in [0.1, 0.15) is 6.42 Å². The molecule has 0 radical (unpaired) electrons. The molecule has 25 heavy (non-hydrogen) atoms. The van der Waals surface area contributed by atoms with Crippen molar-refractivity contribution >= 4 is 28.1 Å². The van der Waals surface area contributed by atoms with E-state index in [0.29, 0.717) is 36.0 Å². The maximum Gasteiger partial charge on any atom is 0.144 e. The number of benzene rings is 2. The number of nitrogens with two attached hydrogens (primary N) is 1. The van der Waals surface area contributed by atoms with Gasteiger partial charge in [-0.2, -0.15) is 0 Å². The van der Waals surface area contributed by atoms with Crippen molar-refractivity contribution in [3.63, 3.8) is 0 Å². The summed E-state index contributed by atoms with van der Waals surface area (Å²) in [5.74, 6) is 0.897. The maximum absolute atomic E-state index is 13.1. The van der Waals surface area contributed by atoms with Gasteiger partial charge < -0.3 is 20.5 Å². The van der Waals surface area contributed by atoms with E-state index in [4.69, 9.17) is 15.2 Å². The second-order valence-electron chi connectivity index (χ2n) is 5.86. The first-order valence-electron chi connectivity index (χ1n) is 8.00. The summed E-state index contributed by atoms with van der Waals surface area (Å²) in [4.78, 5) is 8.56. The van der Waals surface area contributed by atoms with E-state index < -0.39 is 0 Å². The zero-order chi connectivity index (χ0) is 17.2. The first kappa shape index (κ1) is 15.6. The van der Waals surface area contributed by atoms with Crippen LogP contribution < -0.4 is 15.8 Å². The van der Waals surface area contributed by atoms with Gasteiger partial charge in [-0.05, 0) is 30.3 Å². The Bertz CT molecular complexity index is 895. The smallest absolute Gasteiger partial charge is 0.144 e. The van der Waals surface area contributed by atoms with Crippen molar-refractivity contribution in [2.45, 2.75) is 12.5 Å². The molecule has 0 amide bonds. The maximum atomic E-state index is 13.1. The minimum atomic E-state index is -0.292. The molecule has 1 aromatic heterocycles. The number of nitrogens with one attached hydrogen (secondary N) is 1. The standard InChI is InChI=1S/C18H17FN4O2/c19-11-1-3-12(4-2-11)23-18-14-7-15(20)17(8-16(14)21-10-22-18)25-13-5-6-24-9-13/h1-4,7-8,10,13H,5-6,9,20H2,(H,21,22,23). The Labute approximate surface area is 143 Å².